The van der Waals surface area contributed by atoms with Crippen LogP contribution in [0.1, 0.15) is 0 Å². The fourth-order valence-corrected chi connectivity index (χ4v) is 2.46. The van der Waals surface area contributed by atoms with Crippen LogP contribution in [0.15, 0.2) is 9.21 Å². The molecular weight excluding hydrogens is 274 g/mol. The molecule has 2 aliphatic rings. The first-order chi connectivity index (χ1) is 10.3. The summed E-state index contributed by atoms with van der Waals surface area (Å²) in [5, 5.41) is 12.1. The van der Waals surface area contributed by atoms with Crippen LogP contribution >= 0.6 is 0 Å². The fourth-order valence-electron chi connectivity index (χ4n) is 2.46. The Balaban J connectivity index is 1.78. The van der Waals surface area contributed by atoms with Crippen LogP contribution in [0.2, 0.25) is 0 Å². The molecule has 2 saturated heterocycles. The molecule has 1 aromatic heterocycles. The van der Waals surface area contributed by atoms with Crippen LogP contribution in [-0.2, 0) is 0 Å². The number of aromatic nitrogens is 2. The summed E-state index contributed by atoms with van der Waals surface area (Å²) in [6, 6.07) is 0.328. The van der Waals surface area contributed by atoms with Crippen molar-refractivity contribution in [3.05, 3.63) is 10.6 Å². The average molecular weight is 291 g/mol. The highest BCUT2D eigenvalue weighted by Crippen LogP contribution is 2.15. The van der Waals surface area contributed by atoms with Gasteiger partial charge in [0, 0.05) is 52.4 Å². The zero-order valence-corrected chi connectivity index (χ0v) is 11.7. The molecule has 0 atom stereocenters. The molecule has 0 amide bonds. The number of hydrogen-bond acceptors (Lipinski definition) is 9. The molecule has 2 aliphatic heterocycles. The van der Waals surface area contributed by atoms with Crippen LogP contribution in [-0.4, -0.2) is 67.2 Å². The smallest absolute Gasteiger partial charge is 0.374 e. The molecule has 0 unspecified atom stereocenters. The van der Waals surface area contributed by atoms with Gasteiger partial charge in [-0.3, -0.25) is 0 Å². The first-order valence-electron chi connectivity index (χ1n) is 7.01. The van der Waals surface area contributed by atoms with E-state index in [1.54, 1.807) is 4.90 Å². The van der Waals surface area contributed by atoms with E-state index in [-0.39, 0.29) is 0 Å². The van der Waals surface area contributed by atoms with Gasteiger partial charge in [0.25, 0.3) is 0 Å². The first-order valence-corrected chi connectivity index (χ1v) is 7.01. The zero-order valence-electron chi connectivity index (χ0n) is 11.7. The number of nitrogens with zero attached hydrogens (tertiary/aromatic N) is 6. The molecule has 0 aromatic carbocycles. The second-order valence-electron chi connectivity index (χ2n) is 4.99. The lowest BCUT2D eigenvalue weighted by Gasteiger charge is -2.32. The Morgan fingerprint density at radius 1 is 1.05 bits per heavy atom. The number of piperazine rings is 2. The van der Waals surface area contributed by atoms with Crippen molar-refractivity contribution in [2.75, 3.05) is 62.2 Å². The molecule has 1 N–H and O–H groups in total. The average Bonchev–Trinajstić information content (AvgIpc) is 2.55. The maximum absolute atomic E-state index is 11.7. The van der Waals surface area contributed by atoms with Crippen LogP contribution in [0.4, 0.5) is 12.0 Å². The summed E-state index contributed by atoms with van der Waals surface area (Å²) in [6.45, 7) is 5.65. The van der Waals surface area contributed by atoms with Gasteiger partial charge in [0.05, 0.1) is 0 Å². The molecule has 2 fully saturated rings. The quantitative estimate of drug-likeness (QED) is 0.648. The summed E-state index contributed by atoms with van der Waals surface area (Å²) in [5.74, 6) is -0.242. The van der Waals surface area contributed by atoms with Crippen molar-refractivity contribution in [3.8, 4) is 6.19 Å². The summed E-state index contributed by atoms with van der Waals surface area (Å²) < 4.78 is 5.12. The molecule has 0 bridgehead atoms. The van der Waals surface area contributed by atoms with Gasteiger partial charge in [0.1, 0.15) is 0 Å². The highest BCUT2D eigenvalue weighted by atomic mass is 16.4. The Kier molecular flexibility index (Phi) is 3.87. The lowest BCUT2D eigenvalue weighted by Crippen LogP contribution is -2.46. The second-order valence-corrected chi connectivity index (χ2v) is 4.99. The summed E-state index contributed by atoms with van der Waals surface area (Å²) >= 11 is 0. The maximum Gasteiger partial charge on any atom is 0.444 e. The van der Waals surface area contributed by atoms with Crippen molar-refractivity contribution in [1.82, 2.24) is 20.2 Å². The van der Waals surface area contributed by atoms with E-state index in [9.17, 15) is 4.79 Å². The van der Waals surface area contributed by atoms with Crippen molar-refractivity contribution in [3.63, 3.8) is 0 Å². The highest BCUT2D eigenvalue weighted by Gasteiger charge is 2.22. The first kappa shape index (κ1) is 13.6. The van der Waals surface area contributed by atoms with Gasteiger partial charge in [0.15, 0.2) is 6.19 Å². The van der Waals surface area contributed by atoms with Crippen LogP contribution in [0.5, 0.6) is 0 Å². The molecule has 9 heteroatoms. The van der Waals surface area contributed by atoms with Crippen LogP contribution < -0.4 is 20.9 Å². The fraction of sp³-hybridized carbons (Fsp3) is 0.667. The maximum atomic E-state index is 11.7. The Hall–Kier alpha value is -2.34. The standard InChI is InChI=1S/C12H17N7O2/c13-9-17-5-7-18(8-6-17)10-15-11(21-12(20)16-10)19-3-1-14-2-4-19/h14H,1-8H2. The van der Waals surface area contributed by atoms with E-state index >= 15 is 0 Å². The molecule has 9 nitrogen and oxygen atoms in total. The van der Waals surface area contributed by atoms with Crippen molar-refractivity contribution < 1.29 is 4.42 Å². The van der Waals surface area contributed by atoms with E-state index in [1.807, 2.05) is 9.80 Å². The van der Waals surface area contributed by atoms with E-state index < -0.39 is 5.76 Å². The molecule has 112 valence electrons. The van der Waals surface area contributed by atoms with Crippen LogP contribution in [0.3, 0.4) is 0 Å². The van der Waals surface area contributed by atoms with Gasteiger partial charge in [-0.15, -0.1) is 4.98 Å². The molecule has 21 heavy (non-hydrogen) atoms. The van der Waals surface area contributed by atoms with Crippen molar-refractivity contribution in [1.29, 1.82) is 5.26 Å². The summed E-state index contributed by atoms with van der Waals surface area (Å²) in [6.07, 6.45) is 2.12. The van der Waals surface area contributed by atoms with E-state index in [2.05, 4.69) is 21.5 Å². The van der Waals surface area contributed by atoms with Gasteiger partial charge in [-0.25, -0.2) is 4.79 Å². The Bertz CT molecular complexity index is 582. The van der Waals surface area contributed by atoms with E-state index in [1.165, 1.54) is 0 Å². The molecule has 0 aliphatic carbocycles. The van der Waals surface area contributed by atoms with E-state index in [4.69, 9.17) is 9.68 Å². The summed E-state index contributed by atoms with van der Waals surface area (Å²) in [4.78, 5) is 25.4. The third kappa shape index (κ3) is 3.05. The van der Waals surface area contributed by atoms with Gasteiger partial charge in [-0.1, -0.05) is 0 Å². The van der Waals surface area contributed by atoms with Gasteiger partial charge in [-0.05, 0) is 0 Å². The predicted octanol–water partition coefficient (Wildman–Crippen LogP) is -1.56. The lowest BCUT2D eigenvalue weighted by atomic mass is 10.3. The Labute approximate surface area is 121 Å². The molecule has 0 saturated carbocycles. The van der Waals surface area contributed by atoms with E-state index in [0.29, 0.717) is 38.1 Å². The van der Waals surface area contributed by atoms with Gasteiger partial charge in [-0.2, -0.15) is 10.2 Å². The number of anilines is 2. The monoisotopic (exact) mass is 291 g/mol. The topological polar surface area (TPSA) is 102 Å². The Morgan fingerprint density at radius 2 is 1.76 bits per heavy atom. The number of rotatable bonds is 2. The van der Waals surface area contributed by atoms with Crippen LogP contribution in [0.25, 0.3) is 0 Å². The lowest BCUT2D eigenvalue weighted by molar-refractivity contribution is 0.357. The molecule has 3 rings (SSSR count). The minimum Gasteiger partial charge on any atom is -0.374 e. The molecule has 0 radical (unpaired) electrons. The van der Waals surface area contributed by atoms with Crippen molar-refractivity contribution in [2.24, 2.45) is 0 Å². The number of nitrogens with one attached hydrogen (secondary N) is 1. The molecular formula is C12H17N7O2. The Morgan fingerprint density at radius 3 is 2.43 bits per heavy atom. The summed E-state index contributed by atoms with van der Waals surface area (Å²) in [7, 11) is 0. The minimum absolute atomic E-state index is 0.328. The second kappa shape index (κ2) is 5.97. The van der Waals surface area contributed by atoms with Crippen LogP contribution in [0, 0.1) is 11.5 Å². The van der Waals surface area contributed by atoms with Crippen molar-refractivity contribution in [2.45, 2.75) is 0 Å². The highest BCUT2D eigenvalue weighted by molar-refractivity contribution is 5.36. The predicted molar refractivity (Wildman–Crippen MR) is 75.0 cm³/mol. The number of nitriles is 1. The molecule has 0 spiro atoms. The minimum atomic E-state index is -0.628. The SMILES string of the molecule is N#CN1CCN(c2nc(N3CCNCC3)oc(=O)n2)CC1. The van der Waals surface area contributed by atoms with E-state index in [0.717, 1.165) is 26.2 Å². The molecule has 1 aromatic rings. The zero-order chi connectivity index (χ0) is 14.7. The van der Waals surface area contributed by atoms with Gasteiger partial charge in [0.2, 0.25) is 5.95 Å². The van der Waals surface area contributed by atoms with Gasteiger partial charge >= 0.3 is 11.8 Å². The third-order valence-electron chi connectivity index (χ3n) is 3.66. The normalized spacial score (nSPS) is 19.5. The molecule has 3 heterocycles. The summed E-state index contributed by atoms with van der Waals surface area (Å²) in [5.41, 5.74) is 0. The van der Waals surface area contributed by atoms with Gasteiger partial charge < -0.3 is 24.4 Å². The van der Waals surface area contributed by atoms with Crippen molar-refractivity contribution >= 4 is 12.0 Å². The number of hydrogen-bond donors (Lipinski definition) is 1. The largest absolute Gasteiger partial charge is 0.444 e. The third-order valence-corrected chi connectivity index (χ3v) is 3.66.